The van der Waals surface area contributed by atoms with E-state index in [9.17, 15) is 0 Å². The fourth-order valence-corrected chi connectivity index (χ4v) is 6.20. The molecule has 5 aliphatic rings. The lowest BCUT2D eigenvalue weighted by Crippen LogP contribution is -2.48. The first-order chi connectivity index (χ1) is 9.32. The van der Waals surface area contributed by atoms with E-state index >= 15 is 0 Å². The second-order valence-electron chi connectivity index (χ2n) is 7.84. The van der Waals surface area contributed by atoms with Gasteiger partial charge in [-0.15, -0.1) is 0 Å². The first-order valence-corrected chi connectivity index (χ1v) is 8.30. The Kier molecular flexibility index (Phi) is 2.10. The first-order valence-electron chi connectivity index (χ1n) is 8.30. The lowest BCUT2D eigenvalue weighted by molar-refractivity contribution is -0.0180. The molecule has 0 spiro atoms. The molecule has 2 heteroatoms. The van der Waals surface area contributed by atoms with Crippen LogP contribution in [0.1, 0.15) is 68.4 Å². The highest BCUT2D eigenvalue weighted by Gasteiger charge is 2.54. The second-order valence-corrected chi connectivity index (χ2v) is 7.84. The van der Waals surface area contributed by atoms with Gasteiger partial charge in [-0.05, 0) is 82.0 Å². The molecule has 6 rings (SSSR count). The van der Waals surface area contributed by atoms with E-state index in [0.29, 0.717) is 5.41 Å². The SMILES string of the molecule is C1CCc2c(noc2C23CC4CC(CC(C4)C2)C3)C1. The molecule has 0 aromatic carbocycles. The zero-order chi connectivity index (χ0) is 12.4. The molecular formula is C17H23NO. The van der Waals surface area contributed by atoms with Crippen molar-refractivity contribution in [2.45, 2.75) is 69.6 Å². The summed E-state index contributed by atoms with van der Waals surface area (Å²) in [5, 5.41) is 4.44. The maximum absolute atomic E-state index is 5.95. The fraction of sp³-hybridized carbons (Fsp3) is 0.824. The number of fused-ring (bicyclic) bond motifs is 1. The first kappa shape index (κ1) is 10.9. The standard InChI is InChI=1S/C17H23NO/c1-2-4-15-14(3-1)16(19-18-15)17-8-11-5-12(9-17)7-13(6-11)10-17/h11-13H,1-10H2. The van der Waals surface area contributed by atoms with Crippen LogP contribution in [0.5, 0.6) is 0 Å². The third-order valence-electron chi connectivity index (χ3n) is 6.48. The van der Waals surface area contributed by atoms with Crippen molar-refractivity contribution in [3.05, 3.63) is 17.0 Å². The predicted molar refractivity (Wildman–Crippen MR) is 73.0 cm³/mol. The van der Waals surface area contributed by atoms with E-state index in [4.69, 9.17) is 4.52 Å². The van der Waals surface area contributed by atoms with Crippen molar-refractivity contribution in [2.24, 2.45) is 17.8 Å². The van der Waals surface area contributed by atoms with E-state index in [1.165, 1.54) is 74.8 Å². The topological polar surface area (TPSA) is 26.0 Å². The molecule has 5 aliphatic carbocycles. The quantitative estimate of drug-likeness (QED) is 0.759. The Labute approximate surface area is 114 Å². The Hall–Kier alpha value is -0.790. The highest BCUT2D eigenvalue weighted by molar-refractivity contribution is 5.33. The van der Waals surface area contributed by atoms with Gasteiger partial charge in [-0.25, -0.2) is 0 Å². The van der Waals surface area contributed by atoms with Crippen molar-refractivity contribution in [3.8, 4) is 0 Å². The Morgan fingerprint density at radius 3 is 2.21 bits per heavy atom. The molecular weight excluding hydrogens is 234 g/mol. The molecule has 0 unspecified atom stereocenters. The minimum Gasteiger partial charge on any atom is -0.360 e. The van der Waals surface area contributed by atoms with Gasteiger partial charge in [0.05, 0.1) is 5.69 Å². The molecule has 0 aliphatic heterocycles. The summed E-state index contributed by atoms with van der Waals surface area (Å²) >= 11 is 0. The number of hydrogen-bond acceptors (Lipinski definition) is 2. The van der Waals surface area contributed by atoms with Gasteiger partial charge < -0.3 is 4.52 Å². The summed E-state index contributed by atoms with van der Waals surface area (Å²) in [5.41, 5.74) is 3.25. The summed E-state index contributed by atoms with van der Waals surface area (Å²) in [6.07, 6.45) is 13.8. The van der Waals surface area contributed by atoms with Gasteiger partial charge >= 0.3 is 0 Å². The Balaban J connectivity index is 1.60. The molecule has 0 amide bonds. The number of rotatable bonds is 1. The monoisotopic (exact) mass is 257 g/mol. The molecule has 102 valence electrons. The zero-order valence-electron chi connectivity index (χ0n) is 11.7. The highest BCUT2D eigenvalue weighted by atomic mass is 16.5. The third-order valence-corrected chi connectivity index (χ3v) is 6.48. The van der Waals surface area contributed by atoms with E-state index in [0.717, 1.165) is 24.2 Å². The summed E-state index contributed by atoms with van der Waals surface area (Å²) in [6.45, 7) is 0. The summed E-state index contributed by atoms with van der Waals surface area (Å²) < 4.78 is 5.95. The van der Waals surface area contributed by atoms with Gasteiger partial charge in [0.1, 0.15) is 5.76 Å². The van der Waals surface area contributed by atoms with Crippen molar-refractivity contribution < 1.29 is 4.52 Å². The van der Waals surface area contributed by atoms with E-state index in [-0.39, 0.29) is 0 Å². The van der Waals surface area contributed by atoms with Gasteiger partial charge in [0.25, 0.3) is 0 Å². The van der Waals surface area contributed by atoms with Crippen LogP contribution in [0.2, 0.25) is 0 Å². The zero-order valence-corrected chi connectivity index (χ0v) is 11.7. The van der Waals surface area contributed by atoms with Crippen LogP contribution in [-0.4, -0.2) is 5.16 Å². The maximum atomic E-state index is 5.95. The maximum Gasteiger partial charge on any atom is 0.146 e. The Morgan fingerprint density at radius 2 is 1.53 bits per heavy atom. The van der Waals surface area contributed by atoms with Gasteiger partial charge in [0.2, 0.25) is 0 Å². The minimum atomic E-state index is 0.409. The average Bonchev–Trinajstić information content (AvgIpc) is 2.81. The summed E-state index contributed by atoms with van der Waals surface area (Å²) in [7, 11) is 0. The van der Waals surface area contributed by atoms with Crippen molar-refractivity contribution in [1.29, 1.82) is 0 Å². The van der Waals surface area contributed by atoms with Crippen molar-refractivity contribution in [2.75, 3.05) is 0 Å². The highest BCUT2D eigenvalue weighted by Crippen LogP contribution is 2.61. The number of aromatic nitrogens is 1. The van der Waals surface area contributed by atoms with Crippen LogP contribution in [0.25, 0.3) is 0 Å². The molecule has 1 aromatic rings. The molecule has 0 saturated heterocycles. The summed E-state index contributed by atoms with van der Waals surface area (Å²) in [5.74, 6) is 4.34. The number of aryl methyl sites for hydroxylation is 1. The second kappa shape index (κ2) is 3.65. The van der Waals surface area contributed by atoms with Crippen LogP contribution in [0.15, 0.2) is 4.52 Å². The van der Waals surface area contributed by atoms with Crippen LogP contribution >= 0.6 is 0 Å². The van der Waals surface area contributed by atoms with Crippen LogP contribution in [0.4, 0.5) is 0 Å². The lowest BCUT2D eigenvalue weighted by Gasteiger charge is -2.56. The van der Waals surface area contributed by atoms with Crippen LogP contribution in [0, 0.1) is 17.8 Å². The molecule has 0 atom stereocenters. The number of hydrogen-bond donors (Lipinski definition) is 0. The van der Waals surface area contributed by atoms with Gasteiger partial charge in [-0.3, -0.25) is 0 Å². The van der Waals surface area contributed by atoms with E-state index in [1.54, 1.807) is 0 Å². The molecule has 4 fully saturated rings. The van der Waals surface area contributed by atoms with Gasteiger partial charge in [-0.2, -0.15) is 0 Å². The molecule has 0 radical (unpaired) electrons. The predicted octanol–water partition coefficient (Wildman–Crippen LogP) is 4.02. The Bertz CT molecular complexity index is 480. The van der Waals surface area contributed by atoms with Gasteiger partial charge in [0.15, 0.2) is 0 Å². The molecule has 1 heterocycles. The van der Waals surface area contributed by atoms with Crippen LogP contribution in [-0.2, 0) is 18.3 Å². The largest absolute Gasteiger partial charge is 0.360 e. The van der Waals surface area contributed by atoms with Gasteiger partial charge in [0, 0.05) is 11.0 Å². The lowest BCUT2D eigenvalue weighted by atomic mass is 9.48. The molecule has 0 N–H and O–H groups in total. The molecule has 4 bridgehead atoms. The average molecular weight is 257 g/mol. The van der Waals surface area contributed by atoms with E-state index in [1.807, 2.05) is 0 Å². The fourth-order valence-electron chi connectivity index (χ4n) is 6.20. The molecule has 1 aromatic heterocycles. The van der Waals surface area contributed by atoms with Gasteiger partial charge in [-0.1, -0.05) is 5.16 Å². The molecule has 2 nitrogen and oxygen atoms in total. The third kappa shape index (κ3) is 1.46. The summed E-state index contributed by atoms with van der Waals surface area (Å²) in [6, 6.07) is 0. The van der Waals surface area contributed by atoms with Crippen LogP contribution in [0.3, 0.4) is 0 Å². The minimum absolute atomic E-state index is 0.409. The smallest absolute Gasteiger partial charge is 0.146 e. The normalized spacial score (nSPS) is 43.5. The molecule has 4 saturated carbocycles. The number of nitrogens with zero attached hydrogens (tertiary/aromatic N) is 1. The van der Waals surface area contributed by atoms with E-state index in [2.05, 4.69) is 5.16 Å². The van der Waals surface area contributed by atoms with E-state index < -0.39 is 0 Å². The van der Waals surface area contributed by atoms with Crippen molar-refractivity contribution >= 4 is 0 Å². The van der Waals surface area contributed by atoms with Crippen molar-refractivity contribution in [1.82, 2.24) is 5.16 Å². The van der Waals surface area contributed by atoms with Crippen molar-refractivity contribution in [3.63, 3.8) is 0 Å². The summed E-state index contributed by atoms with van der Waals surface area (Å²) in [4.78, 5) is 0. The molecule has 19 heavy (non-hydrogen) atoms. The Morgan fingerprint density at radius 1 is 0.895 bits per heavy atom. The van der Waals surface area contributed by atoms with Crippen LogP contribution < -0.4 is 0 Å².